The summed E-state index contributed by atoms with van der Waals surface area (Å²) < 4.78 is 5.49. The lowest BCUT2D eigenvalue weighted by molar-refractivity contribution is -0.155. The zero-order valence-corrected chi connectivity index (χ0v) is 41.6. The molecule has 64 heavy (non-hydrogen) atoms. The summed E-state index contributed by atoms with van der Waals surface area (Å²) in [6.07, 6.45) is 2.62. The number of rotatable bonds is 15. The predicted molar refractivity (Wildman–Crippen MR) is 260 cm³/mol. The molecule has 0 aromatic heterocycles. The Kier molecular flexibility index (Phi) is 23.5. The van der Waals surface area contributed by atoms with Crippen molar-refractivity contribution in [3.63, 3.8) is 0 Å². The number of ether oxygens (including phenoxy) is 1. The molecular weight excluding hydrogens is 805 g/mol. The smallest absolute Gasteiger partial charge is 0.306 e. The van der Waals surface area contributed by atoms with Crippen molar-refractivity contribution in [2.24, 2.45) is 5.73 Å². The molecule has 0 aliphatic carbocycles. The van der Waals surface area contributed by atoms with Gasteiger partial charge in [-0.25, -0.2) is 0 Å². The van der Waals surface area contributed by atoms with Crippen LogP contribution in [0.25, 0.3) is 0 Å². The Morgan fingerprint density at radius 2 is 0.938 bits per heavy atom. The third-order valence-electron chi connectivity index (χ3n) is 12.3. The lowest BCUT2D eigenvalue weighted by atomic mass is 9.91. The third-order valence-corrected chi connectivity index (χ3v) is 12.3. The second-order valence-corrected chi connectivity index (χ2v) is 19.8. The summed E-state index contributed by atoms with van der Waals surface area (Å²) in [5, 5.41) is 0. The molecule has 5 rings (SSSR count). The van der Waals surface area contributed by atoms with Crippen molar-refractivity contribution in [1.29, 1.82) is 0 Å². The number of benzene rings is 2. The minimum absolute atomic E-state index is 0.121. The highest BCUT2D eigenvalue weighted by Crippen LogP contribution is 2.27. The maximum absolute atomic E-state index is 12.9. The molecule has 2 N–H and O–H groups in total. The van der Waals surface area contributed by atoms with Crippen LogP contribution in [0.4, 0.5) is 0 Å². The van der Waals surface area contributed by atoms with E-state index in [0.29, 0.717) is 43.3 Å². The summed E-state index contributed by atoms with van der Waals surface area (Å²) >= 11 is 0. The van der Waals surface area contributed by atoms with E-state index in [4.69, 9.17) is 10.5 Å². The van der Waals surface area contributed by atoms with Crippen molar-refractivity contribution in [2.75, 3.05) is 99.2 Å². The SMILES string of the molecule is CC(C)N1CCN(C(=O)CC(CC(=O)OC(C)(C)C)c2ccccc2)CC1.CC(C)N1CCN(C(=O)CC(N)c2ccccc2)CC1.CC(C)N1CCN(C(=O)CCCN(C)C)CC1. The number of amides is 3. The second kappa shape index (κ2) is 27.6. The van der Waals surface area contributed by atoms with Crippen LogP contribution >= 0.6 is 0 Å². The van der Waals surface area contributed by atoms with Crippen LogP contribution < -0.4 is 5.73 Å². The molecule has 360 valence electrons. The highest BCUT2D eigenvalue weighted by molar-refractivity contribution is 5.79. The summed E-state index contributed by atoms with van der Waals surface area (Å²) in [7, 11) is 4.10. The number of hydrogen-bond acceptors (Lipinski definition) is 10. The molecule has 3 aliphatic rings. The van der Waals surface area contributed by atoms with Gasteiger partial charge in [0.2, 0.25) is 17.7 Å². The van der Waals surface area contributed by atoms with Gasteiger partial charge in [0.1, 0.15) is 5.60 Å². The molecule has 2 aromatic rings. The number of nitrogens with two attached hydrogens (primary N) is 1. The van der Waals surface area contributed by atoms with Gasteiger partial charge in [-0.3, -0.25) is 33.9 Å². The van der Waals surface area contributed by atoms with Gasteiger partial charge in [-0.2, -0.15) is 0 Å². The fourth-order valence-corrected chi connectivity index (χ4v) is 8.26. The molecule has 2 aromatic carbocycles. The van der Waals surface area contributed by atoms with Gasteiger partial charge < -0.3 is 30.1 Å². The lowest BCUT2D eigenvalue weighted by Crippen LogP contribution is -2.51. The van der Waals surface area contributed by atoms with Crippen molar-refractivity contribution in [2.45, 2.75) is 130 Å². The molecule has 3 fully saturated rings. The number of nitrogens with zero attached hydrogens (tertiary/aromatic N) is 7. The van der Waals surface area contributed by atoms with Crippen molar-refractivity contribution in [3.05, 3.63) is 71.8 Å². The van der Waals surface area contributed by atoms with Crippen LogP contribution in [-0.2, 0) is 23.9 Å². The van der Waals surface area contributed by atoms with Crippen LogP contribution in [0.15, 0.2) is 60.7 Å². The van der Waals surface area contributed by atoms with Crippen LogP contribution in [0.2, 0.25) is 0 Å². The van der Waals surface area contributed by atoms with E-state index in [1.807, 2.05) is 110 Å². The van der Waals surface area contributed by atoms with E-state index >= 15 is 0 Å². The van der Waals surface area contributed by atoms with Gasteiger partial charge >= 0.3 is 5.97 Å². The average molecular weight is 891 g/mol. The monoisotopic (exact) mass is 891 g/mol. The van der Waals surface area contributed by atoms with E-state index < -0.39 is 5.60 Å². The first-order valence-electron chi connectivity index (χ1n) is 24.0. The average Bonchev–Trinajstić information content (AvgIpc) is 3.26. The molecule has 3 amide bonds. The maximum Gasteiger partial charge on any atom is 0.306 e. The Labute approximate surface area is 387 Å². The minimum Gasteiger partial charge on any atom is -0.460 e. The number of esters is 1. The molecule has 2 unspecified atom stereocenters. The quantitative estimate of drug-likeness (QED) is 0.215. The van der Waals surface area contributed by atoms with E-state index in [1.54, 1.807) is 0 Å². The van der Waals surface area contributed by atoms with Gasteiger partial charge in [0.05, 0.1) is 6.42 Å². The van der Waals surface area contributed by atoms with Gasteiger partial charge in [0.15, 0.2) is 0 Å². The maximum atomic E-state index is 12.9. The van der Waals surface area contributed by atoms with Crippen molar-refractivity contribution < 1.29 is 23.9 Å². The number of hydrogen-bond donors (Lipinski definition) is 1. The molecule has 0 saturated carbocycles. The first-order chi connectivity index (χ1) is 30.2. The van der Waals surface area contributed by atoms with Crippen molar-refractivity contribution in [1.82, 2.24) is 34.3 Å². The Bertz CT molecular complexity index is 1640. The lowest BCUT2D eigenvalue weighted by Gasteiger charge is -2.37. The molecule has 0 bridgehead atoms. The van der Waals surface area contributed by atoms with Crippen molar-refractivity contribution >= 4 is 23.7 Å². The summed E-state index contributed by atoms with van der Waals surface area (Å²) in [4.78, 5) is 64.7. The zero-order valence-electron chi connectivity index (χ0n) is 41.6. The summed E-state index contributed by atoms with van der Waals surface area (Å²) in [6.45, 7) is 30.5. The molecular formula is C51H86N8O5. The highest BCUT2D eigenvalue weighted by atomic mass is 16.6. The Balaban J connectivity index is 0.000000263. The van der Waals surface area contributed by atoms with Gasteiger partial charge in [-0.1, -0.05) is 60.7 Å². The molecule has 0 spiro atoms. The van der Waals surface area contributed by atoms with Crippen LogP contribution in [0.5, 0.6) is 0 Å². The molecule has 0 radical (unpaired) electrons. The van der Waals surface area contributed by atoms with E-state index in [9.17, 15) is 19.2 Å². The Morgan fingerprint density at radius 3 is 1.31 bits per heavy atom. The fourth-order valence-electron chi connectivity index (χ4n) is 8.26. The minimum atomic E-state index is -0.518. The zero-order chi connectivity index (χ0) is 47.4. The first kappa shape index (κ1) is 54.5. The Morgan fingerprint density at radius 1 is 0.562 bits per heavy atom. The summed E-state index contributed by atoms with van der Waals surface area (Å²) in [5.74, 6) is 0.210. The highest BCUT2D eigenvalue weighted by Gasteiger charge is 2.29. The molecule has 13 heteroatoms. The first-order valence-corrected chi connectivity index (χ1v) is 24.0. The topological polar surface area (TPSA) is 126 Å². The van der Waals surface area contributed by atoms with Gasteiger partial charge in [0, 0.05) is 128 Å². The molecule has 3 saturated heterocycles. The van der Waals surface area contributed by atoms with Crippen LogP contribution in [0, 0.1) is 0 Å². The molecule has 2 atom stereocenters. The predicted octanol–water partition coefficient (Wildman–Crippen LogP) is 5.95. The van der Waals surface area contributed by atoms with E-state index in [1.165, 1.54) is 0 Å². The summed E-state index contributed by atoms with van der Waals surface area (Å²) in [6, 6.07) is 21.1. The number of piperazine rings is 3. The molecule has 3 heterocycles. The summed E-state index contributed by atoms with van der Waals surface area (Å²) in [5.41, 5.74) is 7.64. The van der Waals surface area contributed by atoms with Crippen molar-refractivity contribution in [3.8, 4) is 0 Å². The number of carbonyl (C=O) groups is 4. The van der Waals surface area contributed by atoms with Gasteiger partial charge in [0.25, 0.3) is 0 Å². The van der Waals surface area contributed by atoms with Gasteiger partial charge in [-0.15, -0.1) is 0 Å². The van der Waals surface area contributed by atoms with Crippen LogP contribution in [0.3, 0.4) is 0 Å². The van der Waals surface area contributed by atoms with Crippen LogP contribution in [-0.4, -0.2) is 181 Å². The fraction of sp³-hybridized carbons (Fsp3) is 0.686. The van der Waals surface area contributed by atoms with Crippen LogP contribution in [0.1, 0.15) is 118 Å². The standard InChI is InChI=1S/C22H34N2O3.C16H25N3O.C13H27N3O/c1-17(2)23-11-13-24(14-12-23)20(25)15-19(18-9-7-6-8-10-18)16-21(26)27-22(3,4)5;1-13(2)18-8-10-19(11-9-18)16(20)12-15(17)14-6-4-3-5-7-14;1-12(2)15-8-10-16(11-9-15)13(17)6-5-7-14(3)4/h6-10,17,19H,11-16H2,1-5H3;3-7,13,15H,8-12,17H2,1-2H3;12H,5-11H2,1-4H3. The van der Waals surface area contributed by atoms with E-state index in [0.717, 1.165) is 103 Å². The largest absolute Gasteiger partial charge is 0.460 e. The van der Waals surface area contributed by atoms with E-state index in [2.05, 4.69) is 61.1 Å². The normalized spacial score (nSPS) is 17.7. The molecule has 3 aliphatic heterocycles. The van der Waals surface area contributed by atoms with Gasteiger partial charge in [-0.05, 0) is 101 Å². The Hall–Kier alpha value is -3.88. The third kappa shape index (κ3) is 20.1. The molecule has 13 nitrogen and oxygen atoms in total. The number of carbonyl (C=O) groups excluding carboxylic acids is 4. The van der Waals surface area contributed by atoms with E-state index in [-0.39, 0.29) is 36.2 Å². The second-order valence-electron chi connectivity index (χ2n) is 19.8.